The van der Waals surface area contributed by atoms with Crippen molar-refractivity contribution in [2.24, 2.45) is 0 Å². The van der Waals surface area contributed by atoms with Gasteiger partial charge in [0.15, 0.2) is 11.3 Å². The average molecular weight is 538 g/mol. The fourth-order valence-electron chi connectivity index (χ4n) is 4.13. The highest BCUT2D eigenvalue weighted by Gasteiger charge is 2.38. The molecule has 1 aromatic heterocycles. The lowest BCUT2D eigenvalue weighted by Crippen LogP contribution is -2.36. The molecule has 1 fully saturated rings. The molecule has 204 valence electrons. The molecule has 1 unspecified atom stereocenters. The number of alkyl halides is 4. The topological polar surface area (TPSA) is 120 Å². The third-order valence-electron chi connectivity index (χ3n) is 5.90. The van der Waals surface area contributed by atoms with Crippen LogP contribution in [0.3, 0.4) is 0 Å². The largest absolute Gasteiger partial charge is 0.490 e. The Morgan fingerprint density at radius 2 is 1.82 bits per heavy atom. The van der Waals surface area contributed by atoms with Crippen molar-refractivity contribution in [1.29, 1.82) is 0 Å². The van der Waals surface area contributed by atoms with Gasteiger partial charge < -0.3 is 24.8 Å². The summed E-state index contributed by atoms with van der Waals surface area (Å²) in [5.74, 6) is -3.42. The fraction of sp³-hybridized carbons (Fsp3) is 0.346. The summed E-state index contributed by atoms with van der Waals surface area (Å²) in [5, 5.41) is 20.3. The van der Waals surface area contributed by atoms with Crippen LogP contribution in [0.1, 0.15) is 47.3 Å². The number of nitrogens with one attached hydrogen (secondary N) is 1. The summed E-state index contributed by atoms with van der Waals surface area (Å²) < 4.78 is 51.8. The Morgan fingerprint density at radius 1 is 1.16 bits per heavy atom. The lowest BCUT2D eigenvalue weighted by Gasteiger charge is -2.29. The van der Waals surface area contributed by atoms with E-state index in [1.807, 2.05) is 19.9 Å². The van der Waals surface area contributed by atoms with Gasteiger partial charge >= 0.3 is 18.1 Å². The van der Waals surface area contributed by atoms with Crippen LogP contribution < -0.4 is 15.6 Å². The van der Waals surface area contributed by atoms with E-state index in [4.69, 9.17) is 14.3 Å². The van der Waals surface area contributed by atoms with Crippen molar-refractivity contribution in [3.8, 4) is 0 Å². The number of carboxylic acid groups (broad SMARTS) is 2. The number of anilines is 2. The molecule has 12 heteroatoms. The molecular formula is C26H26F4N2O6. The van der Waals surface area contributed by atoms with Crippen LogP contribution in [0.25, 0.3) is 11.0 Å². The summed E-state index contributed by atoms with van der Waals surface area (Å²) in [4.78, 5) is 35.1. The molecule has 2 aromatic carbocycles. The highest BCUT2D eigenvalue weighted by atomic mass is 19.4. The predicted molar refractivity (Wildman–Crippen MR) is 133 cm³/mol. The first-order chi connectivity index (χ1) is 17.8. The van der Waals surface area contributed by atoms with Gasteiger partial charge in [0.25, 0.3) is 0 Å². The normalized spacial score (nSPS) is 16.4. The Hall–Kier alpha value is -4.09. The third kappa shape index (κ3) is 6.81. The molecule has 0 bridgehead atoms. The number of halogens is 4. The second-order valence-electron chi connectivity index (χ2n) is 8.88. The highest BCUT2D eigenvalue weighted by molar-refractivity contribution is 5.94. The molecule has 1 aliphatic rings. The van der Waals surface area contributed by atoms with Gasteiger partial charge in [-0.05, 0) is 50.5 Å². The van der Waals surface area contributed by atoms with Crippen molar-refractivity contribution in [2.45, 2.75) is 45.1 Å². The number of carboxylic acids is 2. The van der Waals surface area contributed by atoms with Crippen LogP contribution in [-0.2, 0) is 4.79 Å². The van der Waals surface area contributed by atoms with E-state index in [-0.39, 0.29) is 23.6 Å². The molecule has 8 nitrogen and oxygen atoms in total. The Balaban J connectivity index is 0.000000505. The van der Waals surface area contributed by atoms with Gasteiger partial charge in [-0.3, -0.25) is 4.79 Å². The first-order valence-corrected chi connectivity index (χ1v) is 11.6. The minimum Gasteiger partial charge on any atom is -0.478 e. The van der Waals surface area contributed by atoms with E-state index in [0.717, 1.165) is 11.1 Å². The molecule has 2 atom stereocenters. The van der Waals surface area contributed by atoms with Gasteiger partial charge in [-0.2, -0.15) is 13.2 Å². The van der Waals surface area contributed by atoms with Gasteiger partial charge in [-0.15, -0.1) is 0 Å². The van der Waals surface area contributed by atoms with Crippen molar-refractivity contribution >= 4 is 34.5 Å². The van der Waals surface area contributed by atoms with E-state index in [2.05, 4.69) is 5.32 Å². The second kappa shape index (κ2) is 11.5. The summed E-state index contributed by atoms with van der Waals surface area (Å²) in [5.41, 5.74) is 2.53. The molecule has 3 N–H and O–H groups in total. The Bertz CT molecular complexity index is 1390. The van der Waals surface area contributed by atoms with E-state index in [1.54, 1.807) is 29.2 Å². The van der Waals surface area contributed by atoms with E-state index in [1.165, 1.54) is 12.1 Å². The number of para-hydroxylation sites is 1. The van der Waals surface area contributed by atoms with Gasteiger partial charge in [0, 0.05) is 23.9 Å². The number of piperidine rings is 1. The number of hydrogen-bond acceptors (Lipinski definition) is 6. The first kappa shape index (κ1) is 28.5. The highest BCUT2D eigenvalue weighted by Crippen LogP contribution is 2.31. The maximum Gasteiger partial charge on any atom is 0.490 e. The molecule has 38 heavy (non-hydrogen) atoms. The number of aryl methyl sites for hydroxylation is 1. The lowest BCUT2D eigenvalue weighted by molar-refractivity contribution is -0.192. The Morgan fingerprint density at radius 3 is 2.42 bits per heavy atom. The number of carbonyl (C=O) groups is 2. The first-order valence-electron chi connectivity index (χ1n) is 11.6. The lowest BCUT2D eigenvalue weighted by atomic mass is 10.0. The van der Waals surface area contributed by atoms with Crippen LogP contribution >= 0.6 is 0 Å². The fourth-order valence-corrected chi connectivity index (χ4v) is 4.13. The monoisotopic (exact) mass is 538 g/mol. The minimum atomic E-state index is -5.08. The van der Waals surface area contributed by atoms with E-state index < -0.39 is 24.3 Å². The summed E-state index contributed by atoms with van der Waals surface area (Å²) in [6.07, 6.45) is -4.81. The summed E-state index contributed by atoms with van der Waals surface area (Å²) >= 11 is 0. The SMILES string of the molecule is Cc1cc(C(C)Nc2ccccc2C(=O)O)c2oc(N3CCC[C@@H](F)C3)cc(=O)c2c1.O=C(O)C(F)(F)F. The molecule has 1 aliphatic heterocycles. The zero-order valence-corrected chi connectivity index (χ0v) is 20.5. The molecular weight excluding hydrogens is 512 g/mol. The minimum absolute atomic E-state index is 0.163. The standard InChI is InChI=1S/C24H25FN2O4.C2HF3O2/c1-14-10-18(15(2)26-20-8-4-3-7-17(20)24(29)30)23-19(11-14)21(28)12-22(31-23)27-9-5-6-16(25)13-27;3-2(4,5)1(6)7/h3-4,7-8,10-12,15-16,26H,5-6,9,13H2,1-2H3,(H,29,30);(H,6,7)/t15?,16-;/m1./s1. The van der Waals surface area contributed by atoms with Crippen LogP contribution in [0.5, 0.6) is 0 Å². The Kier molecular flexibility index (Phi) is 8.64. The molecule has 4 rings (SSSR count). The van der Waals surface area contributed by atoms with Gasteiger partial charge in [-0.1, -0.05) is 18.2 Å². The van der Waals surface area contributed by atoms with Gasteiger partial charge in [-0.25, -0.2) is 14.0 Å². The molecule has 0 saturated carbocycles. The molecule has 2 heterocycles. The van der Waals surface area contributed by atoms with E-state index in [0.29, 0.717) is 41.9 Å². The smallest absolute Gasteiger partial charge is 0.478 e. The number of rotatable bonds is 5. The number of aromatic carboxylic acids is 1. The van der Waals surface area contributed by atoms with E-state index >= 15 is 0 Å². The number of aliphatic carboxylic acids is 1. The number of nitrogens with zero attached hydrogens (tertiary/aromatic N) is 1. The molecule has 0 radical (unpaired) electrons. The second-order valence-corrected chi connectivity index (χ2v) is 8.88. The molecule has 0 aliphatic carbocycles. The number of benzene rings is 2. The van der Waals surface area contributed by atoms with Crippen LogP contribution in [0, 0.1) is 6.92 Å². The zero-order chi connectivity index (χ0) is 28.2. The zero-order valence-electron chi connectivity index (χ0n) is 20.5. The van der Waals surface area contributed by atoms with Crippen LogP contribution in [-0.4, -0.2) is 47.6 Å². The average Bonchev–Trinajstić information content (AvgIpc) is 2.84. The van der Waals surface area contributed by atoms with Gasteiger partial charge in [0.05, 0.1) is 23.5 Å². The number of hydrogen-bond donors (Lipinski definition) is 3. The molecule has 3 aromatic rings. The number of fused-ring (bicyclic) bond motifs is 1. The quantitative estimate of drug-likeness (QED) is 0.362. The van der Waals surface area contributed by atoms with Crippen LogP contribution in [0.2, 0.25) is 0 Å². The van der Waals surface area contributed by atoms with E-state index in [9.17, 15) is 32.3 Å². The Labute approximate surface area is 214 Å². The van der Waals surface area contributed by atoms with Crippen molar-refractivity contribution in [3.63, 3.8) is 0 Å². The molecule has 0 spiro atoms. The van der Waals surface area contributed by atoms with Crippen molar-refractivity contribution in [2.75, 3.05) is 23.3 Å². The maximum absolute atomic E-state index is 13.9. The predicted octanol–water partition coefficient (Wildman–Crippen LogP) is 5.54. The summed E-state index contributed by atoms with van der Waals surface area (Å²) in [6.45, 7) is 4.62. The van der Waals surface area contributed by atoms with Gasteiger partial charge in [0.1, 0.15) is 11.8 Å². The maximum atomic E-state index is 13.9. The summed E-state index contributed by atoms with van der Waals surface area (Å²) in [7, 11) is 0. The van der Waals surface area contributed by atoms with Crippen molar-refractivity contribution < 1.29 is 41.8 Å². The summed E-state index contributed by atoms with van der Waals surface area (Å²) in [6, 6.07) is 11.5. The van der Waals surface area contributed by atoms with Crippen molar-refractivity contribution in [3.05, 3.63) is 69.4 Å². The van der Waals surface area contributed by atoms with Crippen LogP contribution in [0.4, 0.5) is 29.1 Å². The van der Waals surface area contributed by atoms with Gasteiger partial charge in [0.2, 0.25) is 0 Å². The third-order valence-corrected chi connectivity index (χ3v) is 5.90. The van der Waals surface area contributed by atoms with Crippen LogP contribution in [0.15, 0.2) is 51.7 Å². The molecule has 1 saturated heterocycles. The molecule has 0 amide bonds. The van der Waals surface area contributed by atoms with Crippen molar-refractivity contribution in [1.82, 2.24) is 0 Å².